The van der Waals surface area contributed by atoms with Gasteiger partial charge in [0.15, 0.2) is 0 Å². The molecule has 0 unspecified atom stereocenters. The van der Waals surface area contributed by atoms with Crippen LogP contribution in [0.15, 0.2) is 0 Å². The molecule has 0 aromatic heterocycles. The molecule has 0 spiro atoms. The molecule has 10 heavy (non-hydrogen) atoms. The molecule has 0 heterocycles. The van der Waals surface area contributed by atoms with Crippen LogP contribution in [0.4, 0.5) is 0 Å². The number of carbonyl (C=O) groups is 2. The highest BCUT2D eigenvalue weighted by molar-refractivity contribution is 9.50. The molecule has 0 rings (SSSR count). The van der Waals surface area contributed by atoms with Crippen molar-refractivity contribution in [2.45, 2.75) is 6.92 Å². The summed E-state index contributed by atoms with van der Waals surface area (Å²) in [6, 6.07) is 0. The summed E-state index contributed by atoms with van der Waals surface area (Å²) in [5, 5.41) is 0. The Kier molecular flexibility index (Phi) is 5.71. The highest BCUT2D eigenvalue weighted by Gasteiger charge is 2.12. The first kappa shape index (κ1) is 9.97. The van der Waals surface area contributed by atoms with Gasteiger partial charge in [-0.15, -0.1) is 0 Å². The lowest BCUT2D eigenvalue weighted by molar-refractivity contribution is -0.152. The minimum absolute atomic E-state index is 0.124. The van der Waals surface area contributed by atoms with E-state index in [1.54, 1.807) is 6.92 Å². The second-order valence-corrected chi connectivity index (χ2v) is 3.28. The number of esters is 1. The Bertz CT molecular complexity index is 121. The van der Waals surface area contributed by atoms with Crippen molar-refractivity contribution < 1.29 is 14.3 Å². The van der Waals surface area contributed by atoms with E-state index in [0.717, 1.165) is 10.2 Å². The minimum Gasteiger partial charge on any atom is -0.460 e. The number of carbonyl (C=O) groups excluding carboxylic acids is 2. The van der Waals surface area contributed by atoms with E-state index in [1.165, 1.54) is 0 Å². The summed E-state index contributed by atoms with van der Waals surface area (Å²) in [5.74, 6) is -1.14. The van der Waals surface area contributed by atoms with Crippen LogP contribution in [-0.2, 0) is 14.3 Å². The van der Waals surface area contributed by atoms with Gasteiger partial charge in [0.2, 0.25) is 0 Å². The molecule has 5 heteroatoms. The number of ether oxygens (including phenoxy) is 1. The maximum Gasteiger partial charge on any atom is 0.375 e. The van der Waals surface area contributed by atoms with Crippen molar-refractivity contribution in [3.63, 3.8) is 0 Å². The minimum atomic E-state index is -0.755. The third-order valence-corrected chi connectivity index (χ3v) is 1.75. The molecule has 58 valence electrons. The summed E-state index contributed by atoms with van der Waals surface area (Å²) in [4.78, 5) is 21.1. The predicted molar refractivity (Wildman–Crippen MR) is 43.0 cm³/mol. The van der Waals surface area contributed by atoms with Crippen LogP contribution >= 0.6 is 25.0 Å². The van der Waals surface area contributed by atoms with Gasteiger partial charge < -0.3 is 4.74 Å². The maximum absolute atomic E-state index is 10.6. The molecular formula is C5H7BrO3S. The topological polar surface area (TPSA) is 43.4 Å². The second kappa shape index (κ2) is 5.73. The van der Waals surface area contributed by atoms with Crippen molar-refractivity contribution >= 4 is 36.8 Å². The lowest BCUT2D eigenvalue weighted by Crippen LogP contribution is -2.18. The molecule has 0 aromatic rings. The van der Waals surface area contributed by atoms with Gasteiger partial charge in [-0.3, -0.25) is 4.79 Å². The highest BCUT2D eigenvalue weighted by Crippen LogP contribution is 2.08. The Hall–Kier alpha value is -0.0300. The van der Waals surface area contributed by atoms with Crippen molar-refractivity contribution in [1.29, 1.82) is 0 Å². The molecule has 0 aliphatic rings. The van der Waals surface area contributed by atoms with E-state index >= 15 is 0 Å². The predicted octanol–water partition coefficient (Wildman–Crippen LogP) is 1.16. The van der Waals surface area contributed by atoms with Crippen molar-refractivity contribution in [1.82, 2.24) is 0 Å². The molecule has 0 N–H and O–H groups in total. The molecular weight excluding hydrogens is 220 g/mol. The van der Waals surface area contributed by atoms with Crippen LogP contribution in [0, 0.1) is 0 Å². The van der Waals surface area contributed by atoms with E-state index in [0.29, 0.717) is 0 Å². The lowest BCUT2D eigenvalue weighted by Gasteiger charge is -1.96. The third-order valence-electron chi connectivity index (χ3n) is 0.689. The van der Waals surface area contributed by atoms with Crippen LogP contribution in [0.2, 0.25) is 0 Å². The van der Waals surface area contributed by atoms with E-state index in [2.05, 4.69) is 19.5 Å². The smallest absolute Gasteiger partial charge is 0.375 e. The van der Waals surface area contributed by atoms with E-state index in [-0.39, 0.29) is 12.4 Å². The van der Waals surface area contributed by atoms with E-state index in [1.807, 2.05) is 0 Å². The summed E-state index contributed by atoms with van der Waals surface area (Å²) in [5.41, 5.74) is 0. The molecule has 0 amide bonds. The zero-order valence-electron chi connectivity index (χ0n) is 5.43. The molecule has 0 radical (unpaired) electrons. The summed E-state index contributed by atoms with van der Waals surface area (Å²) < 4.78 is 4.43. The molecule has 0 saturated heterocycles. The van der Waals surface area contributed by atoms with Gasteiger partial charge in [0.25, 0.3) is 5.78 Å². The summed E-state index contributed by atoms with van der Waals surface area (Å²) in [6.07, 6.45) is 0. The van der Waals surface area contributed by atoms with Crippen LogP contribution in [0.25, 0.3) is 0 Å². The number of halogens is 1. The van der Waals surface area contributed by atoms with E-state index < -0.39 is 11.8 Å². The van der Waals surface area contributed by atoms with E-state index in [9.17, 15) is 9.59 Å². The van der Waals surface area contributed by atoms with Crippen LogP contribution < -0.4 is 0 Å². The van der Waals surface area contributed by atoms with Crippen molar-refractivity contribution in [2.24, 2.45) is 0 Å². The largest absolute Gasteiger partial charge is 0.460 e. The Morgan fingerprint density at radius 1 is 1.60 bits per heavy atom. The standard InChI is InChI=1S/C5H7BrO3S/c1-2-9-5(8)4(7)3-10-6/h2-3H2,1H3. The zero-order chi connectivity index (χ0) is 7.98. The highest BCUT2D eigenvalue weighted by atomic mass is 79.9. The second-order valence-electron chi connectivity index (χ2n) is 1.40. The molecule has 0 bridgehead atoms. The molecule has 0 fully saturated rings. The maximum atomic E-state index is 10.6. The van der Waals surface area contributed by atoms with Gasteiger partial charge in [-0.2, -0.15) is 0 Å². The Labute approximate surface area is 70.7 Å². The van der Waals surface area contributed by atoms with Gasteiger partial charge in [-0.1, -0.05) is 10.2 Å². The van der Waals surface area contributed by atoms with Crippen molar-refractivity contribution in [2.75, 3.05) is 12.4 Å². The van der Waals surface area contributed by atoms with Crippen LogP contribution in [0.3, 0.4) is 0 Å². The van der Waals surface area contributed by atoms with Gasteiger partial charge in [0.1, 0.15) is 0 Å². The molecule has 0 aliphatic heterocycles. The lowest BCUT2D eigenvalue weighted by atomic mass is 10.5. The van der Waals surface area contributed by atoms with Gasteiger partial charge in [0, 0.05) is 0 Å². The van der Waals surface area contributed by atoms with Crippen molar-refractivity contribution in [3.05, 3.63) is 0 Å². The average molecular weight is 227 g/mol. The third kappa shape index (κ3) is 3.90. The monoisotopic (exact) mass is 226 g/mol. The number of Topliss-reactive ketones (excluding diaryl/α,β-unsaturated/α-hetero) is 1. The fourth-order valence-corrected chi connectivity index (χ4v) is 1.16. The SMILES string of the molecule is CCOC(=O)C(=O)CSBr. The van der Waals surface area contributed by atoms with Gasteiger partial charge in [-0.05, 0) is 21.7 Å². The Balaban J connectivity index is 3.60. The quantitative estimate of drug-likeness (QED) is 0.534. The molecule has 0 aromatic carbocycles. The Morgan fingerprint density at radius 3 is 2.60 bits per heavy atom. The Morgan fingerprint density at radius 2 is 2.20 bits per heavy atom. The van der Waals surface area contributed by atoms with Crippen LogP contribution in [0.1, 0.15) is 6.92 Å². The first-order valence-electron chi connectivity index (χ1n) is 2.65. The molecule has 0 saturated carbocycles. The van der Waals surface area contributed by atoms with Crippen LogP contribution in [0.5, 0.6) is 0 Å². The fraction of sp³-hybridized carbons (Fsp3) is 0.600. The average Bonchev–Trinajstić information content (AvgIpc) is 1.89. The number of ketones is 1. The first-order chi connectivity index (χ1) is 4.72. The molecule has 0 atom stereocenters. The number of hydrogen-bond donors (Lipinski definition) is 0. The zero-order valence-corrected chi connectivity index (χ0v) is 7.83. The first-order valence-corrected chi connectivity index (χ1v) is 5.48. The molecule has 0 aliphatic carbocycles. The molecule has 3 nitrogen and oxygen atoms in total. The fourth-order valence-electron chi connectivity index (χ4n) is 0.320. The van der Waals surface area contributed by atoms with Crippen LogP contribution in [-0.4, -0.2) is 24.1 Å². The summed E-state index contributed by atoms with van der Waals surface area (Å²) in [6.45, 7) is 1.91. The number of rotatable bonds is 4. The van der Waals surface area contributed by atoms with E-state index in [4.69, 9.17) is 0 Å². The van der Waals surface area contributed by atoms with Crippen molar-refractivity contribution in [3.8, 4) is 0 Å². The summed E-state index contributed by atoms with van der Waals surface area (Å²) >= 11 is 2.96. The summed E-state index contributed by atoms with van der Waals surface area (Å²) in [7, 11) is 1.13. The van der Waals surface area contributed by atoms with Gasteiger partial charge in [-0.25, -0.2) is 4.79 Å². The van der Waals surface area contributed by atoms with Gasteiger partial charge in [0.05, 0.1) is 12.4 Å². The number of hydrogen-bond acceptors (Lipinski definition) is 4. The normalized spacial score (nSPS) is 9.00. The van der Waals surface area contributed by atoms with Gasteiger partial charge >= 0.3 is 5.97 Å².